The number of carboxylic acid groups (broad SMARTS) is 1. The van der Waals surface area contributed by atoms with Gasteiger partial charge in [0.05, 0.1) is 16.9 Å². The van der Waals surface area contributed by atoms with Crippen LogP contribution in [0.1, 0.15) is 35.4 Å². The summed E-state index contributed by atoms with van der Waals surface area (Å²) >= 11 is 0. The Morgan fingerprint density at radius 2 is 1.97 bits per heavy atom. The molecule has 2 aromatic rings. The van der Waals surface area contributed by atoms with Crippen molar-refractivity contribution in [2.75, 3.05) is 6.61 Å². The van der Waals surface area contributed by atoms with Gasteiger partial charge in [0.25, 0.3) is 10.1 Å². The van der Waals surface area contributed by atoms with Gasteiger partial charge in [-0.05, 0) is 56.0 Å². The molecule has 1 aliphatic heterocycles. The molecule has 0 bridgehead atoms. The van der Waals surface area contributed by atoms with Crippen molar-refractivity contribution in [3.8, 4) is 11.5 Å². The normalized spacial score (nSPS) is 22.6. The summed E-state index contributed by atoms with van der Waals surface area (Å²) in [6, 6.07) is 10.2. The Hall–Kier alpha value is -2.58. The Labute approximate surface area is 169 Å². The van der Waals surface area contributed by atoms with Gasteiger partial charge in [0.1, 0.15) is 6.10 Å². The van der Waals surface area contributed by atoms with Crippen LogP contribution >= 0.6 is 0 Å². The highest BCUT2D eigenvalue weighted by molar-refractivity contribution is 7.86. The lowest BCUT2D eigenvalue weighted by Crippen LogP contribution is -2.24. The van der Waals surface area contributed by atoms with E-state index in [2.05, 4.69) is 0 Å². The predicted molar refractivity (Wildman–Crippen MR) is 104 cm³/mol. The van der Waals surface area contributed by atoms with Gasteiger partial charge in [0.2, 0.25) is 0 Å². The SMILES string of the molecule is Cc1ccc(S(=O)(=O)OC2CCC3Oc4c(OCC(=O)O)cccc4C32)cc1C. The Morgan fingerprint density at radius 1 is 1.17 bits per heavy atom. The van der Waals surface area contributed by atoms with E-state index < -0.39 is 28.8 Å². The molecule has 0 amide bonds. The van der Waals surface area contributed by atoms with Crippen molar-refractivity contribution < 1.29 is 32.0 Å². The van der Waals surface area contributed by atoms with E-state index in [4.69, 9.17) is 18.8 Å². The quantitative estimate of drug-likeness (QED) is 0.719. The van der Waals surface area contributed by atoms with E-state index >= 15 is 0 Å². The van der Waals surface area contributed by atoms with E-state index in [0.29, 0.717) is 24.3 Å². The van der Waals surface area contributed by atoms with Crippen molar-refractivity contribution >= 4 is 16.1 Å². The van der Waals surface area contributed by atoms with Gasteiger partial charge in [0, 0.05) is 5.56 Å². The highest BCUT2D eigenvalue weighted by Gasteiger charge is 2.48. The first kappa shape index (κ1) is 19.7. The van der Waals surface area contributed by atoms with E-state index in [1.165, 1.54) is 0 Å². The molecule has 2 aromatic carbocycles. The molecule has 29 heavy (non-hydrogen) atoms. The summed E-state index contributed by atoms with van der Waals surface area (Å²) in [5, 5.41) is 8.85. The van der Waals surface area contributed by atoms with Crippen LogP contribution < -0.4 is 9.47 Å². The molecular formula is C21H22O7S. The molecule has 0 aromatic heterocycles. The number of aryl methyl sites for hydroxylation is 2. The number of para-hydroxylation sites is 1. The van der Waals surface area contributed by atoms with Gasteiger partial charge in [-0.3, -0.25) is 4.18 Å². The van der Waals surface area contributed by atoms with E-state index in [1.54, 1.807) is 30.3 Å². The van der Waals surface area contributed by atoms with Crippen LogP contribution in [0.5, 0.6) is 11.5 Å². The number of rotatable bonds is 6. The first-order chi connectivity index (χ1) is 13.8. The molecule has 0 spiro atoms. The van der Waals surface area contributed by atoms with Crippen molar-refractivity contribution in [3.63, 3.8) is 0 Å². The second-order valence-corrected chi connectivity index (χ2v) is 9.02. The summed E-state index contributed by atoms with van der Waals surface area (Å²) < 4.78 is 42.6. The van der Waals surface area contributed by atoms with Gasteiger partial charge >= 0.3 is 5.97 Å². The molecule has 0 radical (unpaired) electrons. The Bertz CT molecular complexity index is 1060. The molecule has 1 heterocycles. The van der Waals surface area contributed by atoms with Gasteiger partial charge in [0.15, 0.2) is 18.1 Å². The fourth-order valence-electron chi connectivity index (χ4n) is 3.98. The van der Waals surface area contributed by atoms with Crippen LogP contribution in [-0.2, 0) is 19.1 Å². The van der Waals surface area contributed by atoms with E-state index in [0.717, 1.165) is 16.7 Å². The molecule has 1 saturated carbocycles. The van der Waals surface area contributed by atoms with Gasteiger partial charge in [-0.25, -0.2) is 4.79 Å². The molecule has 1 aliphatic carbocycles. The summed E-state index contributed by atoms with van der Waals surface area (Å²) in [5.74, 6) is -0.517. The molecule has 7 nitrogen and oxygen atoms in total. The topological polar surface area (TPSA) is 99.1 Å². The average Bonchev–Trinajstić information content (AvgIpc) is 3.22. The van der Waals surface area contributed by atoms with Crippen LogP contribution in [0.2, 0.25) is 0 Å². The highest BCUT2D eigenvalue weighted by atomic mass is 32.2. The third kappa shape index (κ3) is 3.70. The molecule has 3 unspecified atom stereocenters. The molecule has 2 aliphatic rings. The number of benzene rings is 2. The lowest BCUT2D eigenvalue weighted by Gasteiger charge is -2.19. The Kier molecular flexibility index (Phi) is 5.00. The zero-order valence-electron chi connectivity index (χ0n) is 16.1. The zero-order chi connectivity index (χ0) is 20.8. The zero-order valence-corrected chi connectivity index (χ0v) is 16.9. The van der Waals surface area contributed by atoms with Crippen molar-refractivity contribution in [3.05, 3.63) is 53.1 Å². The van der Waals surface area contributed by atoms with Crippen LogP contribution in [0.3, 0.4) is 0 Å². The third-order valence-corrected chi connectivity index (χ3v) is 6.87. The minimum absolute atomic E-state index is 0.140. The first-order valence-corrected chi connectivity index (χ1v) is 10.8. The predicted octanol–water partition coefficient (Wildman–Crippen LogP) is 3.18. The lowest BCUT2D eigenvalue weighted by atomic mass is 9.95. The van der Waals surface area contributed by atoms with Crippen LogP contribution in [0.15, 0.2) is 41.3 Å². The second kappa shape index (κ2) is 7.35. The van der Waals surface area contributed by atoms with E-state index in [9.17, 15) is 13.2 Å². The summed E-state index contributed by atoms with van der Waals surface area (Å²) in [5.41, 5.74) is 2.68. The minimum Gasteiger partial charge on any atom is -0.485 e. The lowest BCUT2D eigenvalue weighted by molar-refractivity contribution is -0.139. The second-order valence-electron chi connectivity index (χ2n) is 7.45. The molecule has 0 saturated heterocycles. The third-order valence-electron chi connectivity index (χ3n) is 5.54. The first-order valence-electron chi connectivity index (χ1n) is 9.41. The van der Waals surface area contributed by atoms with Crippen LogP contribution in [0.4, 0.5) is 0 Å². The Morgan fingerprint density at radius 3 is 2.69 bits per heavy atom. The molecular weight excluding hydrogens is 396 g/mol. The van der Waals surface area contributed by atoms with Crippen molar-refractivity contribution in [1.29, 1.82) is 0 Å². The van der Waals surface area contributed by atoms with E-state index in [-0.39, 0.29) is 16.9 Å². The maximum atomic E-state index is 12.8. The van der Waals surface area contributed by atoms with Gasteiger partial charge in [-0.2, -0.15) is 8.42 Å². The fraction of sp³-hybridized carbons (Fsp3) is 0.381. The van der Waals surface area contributed by atoms with Gasteiger partial charge in [-0.1, -0.05) is 18.2 Å². The minimum atomic E-state index is -3.92. The smallest absolute Gasteiger partial charge is 0.341 e. The summed E-state index contributed by atoms with van der Waals surface area (Å²) in [6.07, 6.45) is 0.422. The van der Waals surface area contributed by atoms with Crippen LogP contribution in [0, 0.1) is 13.8 Å². The highest BCUT2D eigenvalue weighted by Crippen LogP contribution is 2.52. The van der Waals surface area contributed by atoms with Crippen LogP contribution in [-0.4, -0.2) is 38.3 Å². The maximum Gasteiger partial charge on any atom is 0.341 e. The fourth-order valence-corrected chi connectivity index (χ4v) is 5.19. The number of fused-ring (bicyclic) bond motifs is 3. The van der Waals surface area contributed by atoms with Crippen molar-refractivity contribution in [2.24, 2.45) is 0 Å². The van der Waals surface area contributed by atoms with Crippen molar-refractivity contribution in [2.45, 2.75) is 49.7 Å². The number of ether oxygens (including phenoxy) is 2. The van der Waals surface area contributed by atoms with Crippen molar-refractivity contribution in [1.82, 2.24) is 0 Å². The maximum absolute atomic E-state index is 12.8. The Balaban J connectivity index is 1.59. The molecule has 4 rings (SSSR count). The molecule has 8 heteroatoms. The molecule has 1 N–H and O–H groups in total. The number of carbonyl (C=O) groups is 1. The standard InChI is InChI=1S/C21H22O7S/c1-12-6-7-14(10-13(12)2)29(24,25)28-17-9-8-16-20(17)15-4-3-5-18(21(15)27-16)26-11-19(22)23/h3-7,10,16-17,20H,8-9,11H2,1-2H3,(H,22,23). The van der Waals surface area contributed by atoms with Gasteiger partial charge < -0.3 is 14.6 Å². The molecule has 3 atom stereocenters. The monoisotopic (exact) mass is 418 g/mol. The van der Waals surface area contributed by atoms with E-state index in [1.807, 2.05) is 19.9 Å². The van der Waals surface area contributed by atoms with Gasteiger partial charge in [-0.15, -0.1) is 0 Å². The number of aliphatic carboxylic acids is 1. The number of hydrogen-bond donors (Lipinski definition) is 1. The summed E-state index contributed by atoms with van der Waals surface area (Å²) in [7, 11) is -3.92. The molecule has 1 fully saturated rings. The van der Waals surface area contributed by atoms with Crippen LogP contribution in [0.25, 0.3) is 0 Å². The summed E-state index contributed by atoms with van der Waals surface area (Å²) in [6.45, 7) is 3.31. The molecule has 154 valence electrons. The largest absolute Gasteiger partial charge is 0.485 e. The summed E-state index contributed by atoms with van der Waals surface area (Å²) in [4.78, 5) is 10.9. The number of carboxylic acids is 1. The number of hydrogen-bond acceptors (Lipinski definition) is 6. The average molecular weight is 418 g/mol.